The fraction of sp³-hybridized carbons (Fsp3) is 0.529. The van der Waals surface area contributed by atoms with Gasteiger partial charge in [-0.3, -0.25) is 9.59 Å². The van der Waals surface area contributed by atoms with Crippen LogP contribution in [0.2, 0.25) is 0 Å². The molecule has 1 aromatic carbocycles. The highest BCUT2D eigenvalue weighted by molar-refractivity contribution is 5.78. The molecule has 0 N–H and O–H groups in total. The molecule has 1 fully saturated rings. The van der Waals surface area contributed by atoms with E-state index in [1.54, 1.807) is 11.8 Å². The van der Waals surface area contributed by atoms with Crippen LogP contribution in [0.1, 0.15) is 25.8 Å². The minimum absolute atomic E-state index is 0.00770. The summed E-state index contributed by atoms with van der Waals surface area (Å²) >= 11 is 0. The van der Waals surface area contributed by atoms with Crippen molar-refractivity contribution in [1.82, 2.24) is 9.80 Å². The highest BCUT2D eigenvalue weighted by atomic mass is 16.5. The van der Waals surface area contributed by atoms with Gasteiger partial charge in [0, 0.05) is 33.0 Å². The van der Waals surface area contributed by atoms with Gasteiger partial charge in [-0.1, -0.05) is 30.3 Å². The lowest BCUT2D eigenvalue weighted by Crippen LogP contribution is -2.48. The SMILES string of the molecule is CC(=O)N(CCC(=O)N1CCOCC1C)Cc1ccccc1. The second-order valence-electron chi connectivity index (χ2n) is 5.69. The predicted octanol–water partition coefficient (Wildman–Crippen LogP) is 1.67. The first-order valence-electron chi connectivity index (χ1n) is 7.74. The summed E-state index contributed by atoms with van der Waals surface area (Å²) in [6.45, 7) is 6.35. The molecule has 5 heteroatoms. The molecule has 1 aliphatic heterocycles. The van der Waals surface area contributed by atoms with Gasteiger partial charge in [0.2, 0.25) is 11.8 Å². The molecule has 0 radical (unpaired) electrons. The minimum Gasteiger partial charge on any atom is -0.377 e. The standard InChI is InChI=1S/C17H24N2O3/c1-14-13-22-11-10-19(14)17(21)8-9-18(15(2)20)12-16-6-4-3-5-7-16/h3-7,14H,8-13H2,1-2H3. The Kier molecular flexibility index (Phi) is 5.95. The Morgan fingerprint density at radius 1 is 1.32 bits per heavy atom. The van der Waals surface area contributed by atoms with Gasteiger partial charge in [-0.2, -0.15) is 0 Å². The molecule has 1 saturated heterocycles. The molecule has 0 saturated carbocycles. The zero-order chi connectivity index (χ0) is 15.9. The molecular formula is C17H24N2O3. The molecule has 22 heavy (non-hydrogen) atoms. The molecule has 5 nitrogen and oxygen atoms in total. The number of benzene rings is 1. The number of hydrogen-bond donors (Lipinski definition) is 0. The normalized spacial score (nSPS) is 18.1. The van der Waals surface area contributed by atoms with Crippen molar-refractivity contribution in [2.45, 2.75) is 32.9 Å². The van der Waals surface area contributed by atoms with Crippen LogP contribution in [0.5, 0.6) is 0 Å². The van der Waals surface area contributed by atoms with Gasteiger partial charge in [0.05, 0.1) is 19.3 Å². The van der Waals surface area contributed by atoms with Crippen molar-refractivity contribution in [2.24, 2.45) is 0 Å². The van der Waals surface area contributed by atoms with E-state index in [4.69, 9.17) is 4.74 Å². The Morgan fingerprint density at radius 2 is 2.05 bits per heavy atom. The summed E-state index contributed by atoms with van der Waals surface area (Å²) in [5, 5.41) is 0. The smallest absolute Gasteiger partial charge is 0.224 e. The van der Waals surface area contributed by atoms with E-state index >= 15 is 0 Å². The van der Waals surface area contributed by atoms with Crippen LogP contribution in [0.4, 0.5) is 0 Å². The number of carbonyl (C=O) groups excluding carboxylic acids is 2. The largest absolute Gasteiger partial charge is 0.377 e. The topological polar surface area (TPSA) is 49.9 Å². The zero-order valence-electron chi connectivity index (χ0n) is 13.3. The molecule has 2 rings (SSSR count). The van der Waals surface area contributed by atoms with Crippen LogP contribution < -0.4 is 0 Å². The second-order valence-corrected chi connectivity index (χ2v) is 5.69. The Balaban J connectivity index is 1.88. The average molecular weight is 304 g/mol. The molecule has 120 valence electrons. The molecule has 1 unspecified atom stereocenters. The minimum atomic E-state index is -0.00770. The molecule has 1 aliphatic rings. The van der Waals surface area contributed by atoms with E-state index < -0.39 is 0 Å². The first kappa shape index (κ1) is 16.5. The summed E-state index contributed by atoms with van der Waals surface area (Å²) in [6.07, 6.45) is 0.358. The number of carbonyl (C=O) groups is 2. The number of hydrogen-bond acceptors (Lipinski definition) is 3. The predicted molar refractivity (Wildman–Crippen MR) is 84.1 cm³/mol. The van der Waals surface area contributed by atoms with E-state index in [2.05, 4.69) is 0 Å². The van der Waals surface area contributed by atoms with Crippen molar-refractivity contribution in [3.8, 4) is 0 Å². The van der Waals surface area contributed by atoms with E-state index in [0.717, 1.165) is 5.56 Å². The lowest BCUT2D eigenvalue weighted by molar-refractivity contribution is -0.140. The van der Waals surface area contributed by atoms with Gasteiger partial charge in [0.1, 0.15) is 0 Å². The molecule has 2 amide bonds. The van der Waals surface area contributed by atoms with E-state index in [9.17, 15) is 9.59 Å². The third-order valence-corrected chi connectivity index (χ3v) is 3.95. The third kappa shape index (κ3) is 4.56. The summed E-state index contributed by atoms with van der Waals surface area (Å²) < 4.78 is 5.35. The monoisotopic (exact) mass is 304 g/mol. The van der Waals surface area contributed by atoms with Crippen molar-refractivity contribution < 1.29 is 14.3 Å². The first-order valence-corrected chi connectivity index (χ1v) is 7.74. The highest BCUT2D eigenvalue weighted by Crippen LogP contribution is 2.10. The Hall–Kier alpha value is -1.88. The summed E-state index contributed by atoms with van der Waals surface area (Å²) in [5.41, 5.74) is 1.07. The van der Waals surface area contributed by atoms with Crippen molar-refractivity contribution in [3.05, 3.63) is 35.9 Å². The van der Waals surface area contributed by atoms with E-state index in [1.165, 1.54) is 0 Å². The van der Waals surface area contributed by atoms with Gasteiger partial charge in [0.15, 0.2) is 0 Å². The quantitative estimate of drug-likeness (QED) is 0.831. The van der Waals surface area contributed by atoms with Crippen LogP contribution in [0.3, 0.4) is 0 Å². The second kappa shape index (κ2) is 7.94. The Morgan fingerprint density at radius 3 is 2.68 bits per heavy atom. The van der Waals surface area contributed by atoms with Gasteiger partial charge >= 0.3 is 0 Å². The van der Waals surface area contributed by atoms with Crippen LogP contribution >= 0.6 is 0 Å². The van der Waals surface area contributed by atoms with Crippen LogP contribution in [-0.2, 0) is 20.9 Å². The van der Waals surface area contributed by atoms with Crippen LogP contribution in [0.25, 0.3) is 0 Å². The maximum atomic E-state index is 12.3. The van der Waals surface area contributed by atoms with E-state index in [0.29, 0.717) is 39.3 Å². The van der Waals surface area contributed by atoms with Gasteiger partial charge < -0.3 is 14.5 Å². The van der Waals surface area contributed by atoms with Crippen molar-refractivity contribution in [1.29, 1.82) is 0 Å². The number of amides is 2. The fourth-order valence-electron chi connectivity index (χ4n) is 2.62. The Labute approximate surface area is 131 Å². The van der Waals surface area contributed by atoms with Gasteiger partial charge in [-0.05, 0) is 12.5 Å². The molecular weight excluding hydrogens is 280 g/mol. The Bertz CT molecular complexity index is 504. The molecule has 0 aliphatic carbocycles. The van der Waals surface area contributed by atoms with E-state index in [1.807, 2.05) is 42.2 Å². The molecule has 0 aromatic heterocycles. The van der Waals surface area contributed by atoms with Gasteiger partial charge in [-0.15, -0.1) is 0 Å². The highest BCUT2D eigenvalue weighted by Gasteiger charge is 2.24. The maximum Gasteiger partial charge on any atom is 0.224 e. The summed E-state index contributed by atoms with van der Waals surface area (Å²) in [5.74, 6) is 0.0850. The summed E-state index contributed by atoms with van der Waals surface area (Å²) in [4.78, 5) is 27.7. The molecule has 0 bridgehead atoms. The first-order chi connectivity index (χ1) is 10.6. The van der Waals surface area contributed by atoms with Crippen LogP contribution in [0, 0.1) is 0 Å². The summed E-state index contributed by atoms with van der Waals surface area (Å²) in [6, 6.07) is 9.94. The zero-order valence-corrected chi connectivity index (χ0v) is 13.3. The molecule has 1 aromatic rings. The maximum absolute atomic E-state index is 12.3. The van der Waals surface area contributed by atoms with Crippen LogP contribution in [-0.4, -0.2) is 54.0 Å². The number of nitrogens with zero attached hydrogens (tertiary/aromatic N) is 2. The third-order valence-electron chi connectivity index (χ3n) is 3.95. The summed E-state index contributed by atoms with van der Waals surface area (Å²) in [7, 11) is 0. The van der Waals surface area contributed by atoms with Gasteiger partial charge in [-0.25, -0.2) is 0 Å². The van der Waals surface area contributed by atoms with E-state index in [-0.39, 0.29) is 17.9 Å². The number of ether oxygens (including phenoxy) is 1. The van der Waals surface area contributed by atoms with Crippen molar-refractivity contribution in [2.75, 3.05) is 26.3 Å². The van der Waals surface area contributed by atoms with Crippen molar-refractivity contribution in [3.63, 3.8) is 0 Å². The lowest BCUT2D eigenvalue weighted by atomic mass is 10.2. The molecule has 1 heterocycles. The van der Waals surface area contributed by atoms with Crippen LogP contribution in [0.15, 0.2) is 30.3 Å². The number of morpholine rings is 1. The lowest BCUT2D eigenvalue weighted by Gasteiger charge is -2.34. The average Bonchev–Trinajstić information content (AvgIpc) is 2.52. The fourth-order valence-corrected chi connectivity index (χ4v) is 2.62. The molecule has 0 spiro atoms. The van der Waals surface area contributed by atoms with Crippen molar-refractivity contribution >= 4 is 11.8 Å². The number of rotatable bonds is 5. The van der Waals surface area contributed by atoms with Gasteiger partial charge in [0.25, 0.3) is 0 Å². The molecule has 1 atom stereocenters.